The van der Waals surface area contributed by atoms with E-state index in [4.69, 9.17) is 4.98 Å². The number of fused-ring (bicyclic) bond motifs is 7. The Morgan fingerprint density at radius 3 is 1.34 bits per heavy atom. The Morgan fingerprint density at radius 1 is 0.377 bits per heavy atom. The lowest BCUT2D eigenvalue weighted by Gasteiger charge is -2.46. The van der Waals surface area contributed by atoms with Crippen LogP contribution in [-0.2, 0) is 10.8 Å². The molecule has 4 nitrogen and oxygen atoms in total. The van der Waals surface area contributed by atoms with Crippen LogP contribution in [0, 0.1) is 0 Å². The van der Waals surface area contributed by atoms with E-state index in [1.54, 1.807) is 0 Å². The highest BCUT2D eigenvalue weighted by molar-refractivity contribution is 6.09. The van der Waals surface area contributed by atoms with E-state index in [-0.39, 0.29) is 5.41 Å². The maximum atomic E-state index is 4.88. The average Bonchev–Trinajstić information content (AvgIpc) is 3.66. The number of nitrogens with zero attached hydrogens (tertiary/aromatic N) is 4. The van der Waals surface area contributed by atoms with Crippen LogP contribution in [0.15, 0.2) is 219 Å². The zero-order chi connectivity index (χ0) is 40.7. The molecule has 0 atom stereocenters. The molecule has 0 fully saturated rings. The van der Waals surface area contributed by atoms with Crippen LogP contribution in [-0.4, -0.2) is 9.55 Å². The van der Waals surface area contributed by atoms with Gasteiger partial charge in [0.05, 0.1) is 62.5 Å². The number of hydrogen-bond donors (Lipinski definition) is 0. The smallest absolute Gasteiger partial charge is 0.0743 e. The molecule has 2 aliphatic heterocycles. The average molecular weight is 783 g/mol. The summed E-state index contributed by atoms with van der Waals surface area (Å²) in [7, 11) is 0. The van der Waals surface area contributed by atoms with Crippen molar-refractivity contribution >= 4 is 55.9 Å². The molecule has 4 heteroatoms. The molecule has 10 aromatic rings. The summed E-state index contributed by atoms with van der Waals surface area (Å²) in [6.07, 6.45) is 4.02. The van der Waals surface area contributed by atoms with Gasteiger partial charge in [-0.1, -0.05) is 166 Å². The third kappa shape index (κ3) is 5.03. The first kappa shape index (κ1) is 35.3. The molecule has 0 amide bonds. The van der Waals surface area contributed by atoms with Crippen molar-refractivity contribution in [3.63, 3.8) is 0 Å². The van der Waals surface area contributed by atoms with Crippen LogP contribution in [0.5, 0.6) is 0 Å². The van der Waals surface area contributed by atoms with E-state index in [2.05, 4.69) is 241 Å². The SMILES string of the molecule is CC1(C)c2ccccc2N(c2cc(N3c4ccccc4C(c4ccccc4)(c4ccccc4)c4ccncc43)cc(-n3c4ccccc4c4ccccc43)c2)c2ccccc21. The lowest BCUT2D eigenvalue weighted by atomic mass is 9.62. The van der Waals surface area contributed by atoms with Crippen molar-refractivity contribution in [1.82, 2.24) is 9.55 Å². The Balaban J connectivity index is 1.19. The first-order chi connectivity index (χ1) is 30.0. The molecule has 0 aliphatic carbocycles. The van der Waals surface area contributed by atoms with Gasteiger partial charge in [-0.3, -0.25) is 4.98 Å². The van der Waals surface area contributed by atoms with Crippen molar-refractivity contribution in [2.75, 3.05) is 9.80 Å². The summed E-state index contributed by atoms with van der Waals surface area (Å²) in [4.78, 5) is 9.82. The fourth-order valence-electron chi connectivity index (χ4n) is 10.7. The number of anilines is 6. The molecule has 61 heavy (non-hydrogen) atoms. The molecule has 4 heterocycles. The van der Waals surface area contributed by atoms with E-state index in [0.29, 0.717) is 0 Å². The van der Waals surface area contributed by atoms with Crippen LogP contribution in [0.1, 0.15) is 47.2 Å². The van der Waals surface area contributed by atoms with Crippen molar-refractivity contribution in [3.8, 4) is 5.69 Å². The van der Waals surface area contributed by atoms with Crippen LogP contribution in [0.4, 0.5) is 34.1 Å². The molecule has 0 bridgehead atoms. The van der Waals surface area contributed by atoms with Gasteiger partial charge in [0, 0.05) is 22.4 Å². The molecule has 0 saturated carbocycles. The van der Waals surface area contributed by atoms with Gasteiger partial charge in [-0.15, -0.1) is 0 Å². The second-order valence-electron chi connectivity index (χ2n) is 16.8. The fraction of sp³-hybridized carbons (Fsp3) is 0.0702. The molecular weight excluding hydrogens is 741 g/mol. The number of pyridine rings is 1. The van der Waals surface area contributed by atoms with Gasteiger partial charge in [0.1, 0.15) is 0 Å². The standard InChI is InChI=1S/C57H42N4/c1-56(2)46-25-11-16-30-52(46)60(53-31-17-12-26-47(53)56)42-35-41(59-50-28-14-9-23-44(50)45-24-10-15-29-51(45)59)36-43(37-42)61-54-32-18-13-27-48(54)57(39-19-5-3-6-20-39,40-21-7-4-8-22-40)49-33-34-58-38-55(49)61/h3-38H,1-2H3. The molecule has 0 N–H and O–H groups in total. The van der Waals surface area contributed by atoms with E-state index in [1.807, 2.05) is 6.20 Å². The first-order valence-electron chi connectivity index (χ1n) is 21.1. The van der Waals surface area contributed by atoms with Crippen LogP contribution in [0.3, 0.4) is 0 Å². The highest BCUT2D eigenvalue weighted by Gasteiger charge is 2.47. The first-order valence-corrected chi connectivity index (χ1v) is 21.1. The molecule has 290 valence electrons. The van der Waals surface area contributed by atoms with E-state index in [9.17, 15) is 0 Å². The molecule has 2 aliphatic rings. The van der Waals surface area contributed by atoms with Gasteiger partial charge in [-0.2, -0.15) is 0 Å². The minimum Gasteiger partial charge on any atom is -0.310 e. The van der Waals surface area contributed by atoms with E-state index in [0.717, 1.165) is 28.4 Å². The van der Waals surface area contributed by atoms with Crippen molar-refractivity contribution in [1.29, 1.82) is 0 Å². The molecule has 0 spiro atoms. The zero-order valence-electron chi connectivity index (χ0n) is 34.1. The van der Waals surface area contributed by atoms with E-state index < -0.39 is 5.41 Å². The van der Waals surface area contributed by atoms with Gasteiger partial charge >= 0.3 is 0 Å². The van der Waals surface area contributed by atoms with Crippen molar-refractivity contribution in [2.45, 2.75) is 24.7 Å². The summed E-state index contributed by atoms with van der Waals surface area (Å²) in [6, 6.07) is 75.7. The monoisotopic (exact) mass is 782 g/mol. The maximum absolute atomic E-state index is 4.88. The molecule has 12 rings (SSSR count). The van der Waals surface area contributed by atoms with Crippen LogP contribution < -0.4 is 9.80 Å². The summed E-state index contributed by atoms with van der Waals surface area (Å²) < 4.78 is 2.45. The summed E-state index contributed by atoms with van der Waals surface area (Å²) in [6.45, 7) is 4.70. The van der Waals surface area contributed by atoms with E-state index in [1.165, 1.54) is 66.6 Å². The quantitative estimate of drug-likeness (QED) is 0.174. The van der Waals surface area contributed by atoms with Crippen LogP contribution >= 0.6 is 0 Å². The Labute approximate surface area is 356 Å². The predicted molar refractivity (Wildman–Crippen MR) is 252 cm³/mol. The normalized spacial score (nSPS) is 14.6. The zero-order valence-corrected chi connectivity index (χ0v) is 34.1. The largest absolute Gasteiger partial charge is 0.310 e. The third-order valence-corrected chi connectivity index (χ3v) is 13.3. The Morgan fingerprint density at radius 2 is 0.787 bits per heavy atom. The molecule has 0 radical (unpaired) electrons. The topological polar surface area (TPSA) is 24.3 Å². The number of rotatable bonds is 5. The highest BCUT2D eigenvalue weighted by atomic mass is 15.2. The van der Waals surface area contributed by atoms with Gasteiger partial charge in [0.15, 0.2) is 0 Å². The number of benzene rings is 8. The lowest BCUT2D eigenvalue weighted by molar-refractivity contribution is 0.632. The minimum atomic E-state index is -0.600. The second kappa shape index (κ2) is 13.4. The summed E-state index contributed by atoms with van der Waals surface area (Å²) in [5.74, 6) is 0. The Kier molecular flexibility index (Phi) is 7.76. The minimum absolute atomic E-state index is 0.189. The molecule has 0 unspecified atom stereocenters. The number of aromatic nitrogens is 2. The number of hydrogen-bond acceptors (Lipinski definition) is 3. The van der Waals surface area contributed by atoms with Crippen LogP contribution in [0.25, 0.3) is 27.5 Å². The summed E-state index contributed by atoms with van der Waals surface area (Å²) in [5.41, 5.74) is 16.7. The second-order valence-corrected chi connectivity index (χ2v) is 16.8. The van der Waals surface area contributed by atoms with Gasteiger partial charge in [0.25, 0.3) is 0 Å². The molecule has 2 aromatic heterocycles. The predicted octanol–water partition coefficient (Wildman–Crippen LogP) is 14.5. The van der Waals surface area contributed by atoms with Gasteiger partial charge in [-0.05, 0) is 88.0 Å². The molecule has 8 aromatic carbocycles. The van der Waals surface area contributed by atoms with Gasteiger partial charge < -0.3 is 14.4 Å². The molecule has 0 saturated heterocycles. The lowest BCUT2D eigenvalue weighted by Crippen LogP contribution is -2.37. The Bertz CT molecular complexity index is 3120. The highest BCUT2D eigenvalue weighted by Crippen LogP contribution is 2.59. The summed E-state index contributed by atoms with van der Waals surface area (Å²) >= 11 is 0. The third-order valence-electron chi connectivity index (χ3n) is 13.3. The van der Waals surface area contributed by atoms with Crippen molar-refractivity contribution in [3.05, 3.63) is 252 Å². The van der Waals surface area contributed by atoms with E-state index >= 15 is 0 Å². The van der Waals surface area contributed by atoms with Gasteiger partial charge in [0.2, 0.25) is 0 Å². The van der Waals surface area contributed by atoms with Crippen molar-refractivity contribution < 1.29 is 0 Å². The van der Waals surface area contributed by atoms with Gasteiger partial charge in [-0.25, -0.2) is 0 Å². The number of para-hydroxylation sites is 5. The summed E-state index contributed by atoms with van der Waals surface area (Å²) in [5, 5.41) is 2.46. The Hall–Kier alpha value is -7.69. The maximum Gasteiger partial charge on any atom is 0.0743 e. The van der Waals surface area contributed by atoms with Crippen molar-refractivity contribution in [2.24, 2.45) is 0 Å². The fourth-order valence-corrected chi connectivity index (χ4v) is 10.7. The molecular formula is C57H42N4. The van der Waals surface area contributed by atoms with Crippen LogP contribution in [0.2, 0.25) is 0 Å².